The number of carbonyl (C=O) groups excluding carboxylic acids is 1. The minimum absolute atomic E-state index is 0.420. The lowest BCUT2D eigenvalue weighted by Gasteiger charge is -2.35. The number of pyridine rings is 1. The van der Waals surface area contributed by atoms with Gasteiger partial charge in [0.25, 0.3) is 0 Å². The van der Waals surface area contributed by atoms with Crippen LogP contribution in [0.5, 0.6) is 5.75 Å². The van der Waals surface area contributed by atoms with Gasteiger partial charge in [-0.3, -0.25) is 9.69 Å². The molecule has 1 aromatic heterocycles. The summed E-state index contributed by atoms with van der Waals surface area (Å²) < 4.78 is 5.79. The van der Waals surface area contributed by atoms with Crippen LogP contribution in [0.2, 0.25) is 0 Å². The number of benzene rings is 2. The first-order valence-corrected chi connectivity index (χ1v) is 9.55. The predicted molar refractivity (Wildman–Crippen MR) is 111 cm³/mol. The van der Waals surface area contributed by atoms with Crippen LogP contribution in [-0.2, 0) is 0 Å². The van der Waals surface area contributed by atoms with Crippen LogP contribution in [0.3, 0.4) is 0 Å². The minimum atomic E-state index is -0.420. The van der Waals surface area contributed by atoms with Gasteiger partial charge in [-0.1, -0.05) is 36.4 Å². The maximum Gasteiger partial charge on any atom is 0.249 e. The van der Waals surface area contributed by atoms with Crippen LogP contribution in [-0.4, -0.2) is 55.1 Å². The molecule has 0 spiro atoms. The Kier molecular flexibility index (Phi) is 5.39. The summed E-state index contributed by atoms with van der Waals surface area (Å²) in [5, 5.41) is 0.801. The summed E-state index contributed by atoms with van der Waals surface area (Å²) >= 11 is 0. The van der Waals surface area contributed by atoms with E-state index in [4.69, 9.17) is 15.5 Å². The quantitative estimate of drug-likeness (QED) is 0.716. The van der Waals surface area contributed by atoms with E-state index in [9.17, 15) is 4.79 Å². The molecule has 6 heteroatoms. The van der Waals surface area contributed by atoms with E-state index in [2.05, 4.69) is 9.80 Å². The molecule has 144 valence electrons. The van der Waals surface area contributed by atoms with Crippen molar-refractivity contribution in [1.29, 1.82) is 0 Å². The second-order valence-electron chi connectivity index (χ2n) is 6.90. The van der Waals surface area contributed by atoms with E-state index in [-0.39, 0.29) is 0 Å². The molecule has 4 rings (SSSR count). The number of aromatic nitrogens is 1. The van der Waals surface area contributed by atoms with E-state index in [1.165, 1.54) is 0 Å². The summed E-state index contributed by atoms with van der Waals surface area (Å²) in [7, 11) is 0. The third-order valence-corrected chi connectivity index (χ3v) is 5.08. The molecule has 2 heterocycles. The molecule has 2 N–H and O–H groups in total. The van der Waals surface area contributed by atoms with E-state index >= 15 is 0 Å². The third-order valence-electron chi connectivity index (χ3n) is 5.08. The largest absolute Gasteiger partial charge is 0.492 e. The van der Waals surface area contributed by atoms with Gasteiger partial charge in [0.15, 0.2) is 0 Å². The number of primary amides is 1. The van der Waals surface area contributed by atoms with E-state index < -0.39 is 5.91 Å². The summed E-state index contributed by atoms with van der Waals surface area (Å²) in [6.07, 6.45) is 0. The number of piperazine rings is 1. The fourth-order valence-corrected chi connectivity index (χ4v) is 3.54. The molecule has 3 aromatic rings. The Morgan fingerprint density at radius 3 is 2.46 bits per heavy atom. The molecule has 0 aliphatic carbocycles. The van der Waals surface area contributed by atoms with Gasteiger partial charge in [0.2, 0.25) is 5.91 Å². The Morgan fingerprint density at radius 2 is 1.71 bits per heavy atom. The van der Waals surface area contributed by atoms with Crippen molar-refractivity contribution in [3.05, 3.63) is 66.2 Å². The molecule has 0 saturated carbocycles. The highest BCUT2D eigenvalue weighted by Crippen LogP contribution is 2.23. The first kappa shape index (κ1) is 18.3. The molecule has 6 nitrogen and oxygen atoms in total. The zero-order valence-electron chi connectivity index (χ0n) is 15.8. The standard InChI is InChI=1S/C22H24N4O2/c23-22(27)19-16-21(24-20-9-5-4-8-18(19)20)26-12-10-25(11-13-26)14-15-28-17-6-2-1-3-7-17/h1-9,16H,10-15H2,(H2,23,27). The summed E-state index contributed by atoms with van der Waals surface area (Å²) in [6.45, 7) is 5.13. The second-order valence-corrected chi connectivity index (χ2v) is 6.90. The smallest absolute Gasteiger partial charge is 0.249 e. The molecule has 1 saturated heterocycles. The van der Waals surface area contributed by atoms with Crippen LogP contribution < -0.4 is 15.4 Å². The highest BCUT2D eigenvalue weighted by molar-refractivity contribution is 6.06. The van der Waals surface area contributed by atoms with Crippen molar-refractivity contribution in [3.8, 4) is 5.75 Å². The summed E-state index contributed by atoms with van der Waals surface area (Å²) in [5.41, 5.74) is 6.92. The van der Waals surface area contributed by atoms with Crippen molar-refractivity contribution in [1.82, 2.24) is 9.88 Å². The topological polar surface area (TPSA) is 71.7 Å². The number of ether oxygens (including phenoxy) is 1. The van der Waals surface area contributed by atoms with Gasteiger partial charge in [-0.2, -0.15) is 0 Å². The van der Waals surface area contributed by atoms with Crippen LogP contribution in [0, 0.1) is 0 Å². The average Bonchev–Trinajstić information content (AvgIpc) is 2.74. The van der Waals surface area contributed by atoms with E-state index in [0.717, 1.165) is 55.2 Å². The average molecular weight is 376 g/mol. The lowest BCUT2D eigenvalue weighted by molar-refractivity contribution is 0.100. The number of hydrogen-bond donors (Lipinski definition) is 1. The van der Waals surface area contributed by atoms with Crippen LogP contribution >= 0.6 is 0 Å². The summed E-state index contributed by atoms with van der Waals surface area (Å²) in [5.74, 6) is 1.30. The van der Waals surface area contributed by atoms with Gasteiger partial charge in [-0.15, -0.1) is 0 Å². The number of amides is 1. The molecule has 28 heavy (non-hydrogen) atoms. The van der Waals surface area contributed by atoms with Gasteiger partial charge >= 0.3 is 0 Å². The van der Waals surface area contributed by atoms with E-state index in [1.807, 2.05) is 60.7 Å². The molecule has 0 radical (unpaired) electrons. The van der Waals surface area contributed by atoms with E-state index in [0.29, 0.717) is 12.2 Å². The van der Waals surface area contributed by atoms with Crippen LogP contribution in [0.15, 0.2) is 60.7 Å². The Bertz CT molecular complexity index is 953. The maximum atomic E-state index is 11.9. The van der Waals surface area contributed by atoms with Crippen molar-refractivity contribution < 1.29 is 9.53 Å². The number of hydrogen-bond acceptors (Lipinski definition) is 5. The fraction of sp³-hybridized carbons (Fsp3) is 0.273. The number of para-hydroxylation sites is 2. The highest BCUT2D eigenvalue weighted by Gasteiger charge is 2.20. The molecule has 1 amide bonds. The summed E-state index contributed by atoms with van der Waals surface area (Å²) in [4.78, 5) is 21.2. The molecule has 1 fully saturated rings. The van der Waals surface area contributed by atoms with Gasteiger partial charge < -0.3 is 15.4 Å². The number of carbonyl (C=O) groups is 1. The van der Waals surface area contributed by atoms with Crippen LogP contribution in [0.1, 0.15) is 10.4 Å². The molecule has 2 aromatic carbocycles. The van der Waals surface area contributed by atoms with Gasteiger partial charge in [0.1, 0.15) is 18.2 Å². The van der Waals surface area contributed by atoms with Crippen molar-refractivity contribution in [2.24, 2.45) is 5.73 Å². The zero-order chi connectivity index (χ0) is 19.3. The van der Waals surface area contributed by atoms with Crippen LogP contribution in [0.4, 0.5) is 5.82 Å². The molecular weight excluding hydrogens is 352 g/mol. The third kappa shape index (κ3) is 4.07. The fourth-order valence-electron chi connectivity index (χ4n) is 3.54. The minimum Gasteiger partial charge on any atom is -0.492 e. The Balaban J connectivity index is 1.38. The van der Waals surface area contributed by atoms with Crippen molar-refractivity contribution in [2.45, 2.75) is 0 Å². The first-order valence-electron chi connectivity index (χ1n) is 9.55. The Labute approximate surface area is 164 Å². The first-order chi connectivity index (χ1) is 13.7. The molecular formula is C22H24N4O2. The van der Waals surface area contributed by atoms with Gasteiger partial charge in [-0.25, -0.2) is 4.98 Å². The van der Waals surface area contributed by atoms with Gasteiger partial charge in [-0.05, 0) is 24.3 Å². The number of fused-ring (bicyclic) bond motifs is 1. The number of nitrogens with zero attached hydrogens (tertiary/aromatic N) is 3. The number of anilines is 1. The SMILES string of the molecule is NC(=O)c1cc(N2CCN(CCOc3ccccc3)CC2)nc2ccccc12. The van der Waals surface area contributed by atoms with Gasteiger partial charge in [0, 0.05) is 38.1 Å². The molecule has 0 atom stereocenters. The van der Waals surface area contributed by atoms with Crippen molar-refractivity contribution in [2.75, 3.05) is 44.2 Å². The van der Waals surface area contributed by atoms with Crippen molar-refractivity contribution in [3.63, 3.8) is 0 Å². The number of rotatable bonds is 6. The maximum absolute atomic E-state index is 11.9. The molecule has 1 aliphatic rings. The zero-order valence-corrected chi connectivity index (χ0v) is 15.8. The molecule has 1 aliphatic heterocycles. The van der Waals surface area contributed by atoms with E-state index in [1.54, 1.807) is 0 Å². The highest BCUT2D eigenvalue weighted by atomic mass is 16.5. The normalized spacial score (nSPS) is 14.9. The Morgan fingerprint density at radius 1 is 1.00 bits per heavy atom. The predicted octanol–water partition coefficient (Wildman–Crippen LogP) is 2.53. The molecule has 0 unspecified atom stereocenters. The van der Waals surface area contributed by atoms with Crippen LogP contribution in [0.25, 0.3) is 10.9 Å². The summed E-state index contributed by atoms with van der Waals surface area (Å²) in [6, 6.07) is 19.3. The lowest BCUT2D eigenvalue weighted by atomic mass is 10.1. The Hall–Kier alpha value is -3.12. The van der Waals surface area contributed by atoms with Gasteiger partial charge in [0.05, 0.1) is 11.1 Å². The molecule has 0 bridgehead atoms. The monoisotopic (exact) mass is 376 g/mol. The van der Waals surface area contributed by atoms with Crippen molar-refractivity contribution >= 4 is 22.6 Å². The lowest BCUT2D eigenvalue weighted by Crippen LogP contribution is -2.47. The second kappa shape index (κ2) is 8.27. The number of nitrogens with two attached hydrogens (primary N) is 1.